The van der Waals surface area contributed by atoms with E-state index in [-0.39, 0.29) is 5.82 Å². The first kappa shape index (κ1) is 8.53. The van der Waals surface area contributed by atoms with Crippen molar-refractivity contribution in [1.82, 2.24) is 8.97 Å². The number of hydrogen-bond acceptors (Lipinski definition) is 0. The molecular formula is C12H11FN2. The molecule has 0 amide bonds. The summed E-state index contributed by atoms with van der Waals surface area (Å²) < 4.78 is 17.3. The van der Waals surface area contributed by atoms with Gasteiger partial charge in [0.2, 0.25) is 0 Å². The maximum absolute atomic E-state index is 13.1. The van der Waals surface area contributed by atoms with E-state index in [1.54, 1.807) is 6.07 Å². The fourth-order valence-corrected chi connectivity index (χ4v) is 2.21. The Morgan fingerprint density at radius 2 is 1.93 bits per heavy atom. The molecule has 0 fully saturated rings. The summed E-state index contributed by atoms with van der Waals surface area (Å²) in [5.41, 5.74) is 2.20. The third-order valence-electron chi connectivity index (χ3n) is 2.98. The Labute approximate surface area is 86.5 Å². The monoisotopic (exact) mass is 202 g/mol. The molecule has 0 atom stereocenters. The van der Waals surface area contributed by atoms with Crippen molar-refractivity contribution in [2.24, 2.45) is 7.05 Å². The second-order valence-electron chi connectivity index (χ2n) is 3.88. The van der Waals surface area contributed by atoms with Crippen molar-refractivity contribution >= 4 is 16.4 Å². The van der Waals surface area contributed by atoms with E-state index in [0.29, 0.717) is 0 Å². The normalized spacial score (nSPS) is 11.7. The highest BCUT2D eigenvalue weighted by atomic mass is 19.1. The van der Waals surface area contributed by atoms with E-state index in [0.717, 1.165) is 22.1 Å². The third kappa shape index (κ3) is 0.975. The molecule has 0 unspecified atom stereocenters. The molecule has 2 aromatic heterocycles. The molecule has 0 aliphatic rings. The number of benzene rings is 1. The van der Waals surface area contributed by atoms with Crippen LogP contribution in [0.5, 0.6) is 0 Å². The molecule has 0 saturated heterocycles. The van der Waals surface area contributed by atoms with Crippen LogP contribution >= 0.6 is 0 Å². The van der Waals surface area contributed by atoms with Crippen LogP contribution in [0.1, 0.15) is 5.69 Å². The quantitative estimate of drug-likeness (QED) is 0.530. The van der Waals surface area contributed by atoms with Gasteiger partial charge in [-0.2, -0.15) is 0 Å². The number of imidazole rings is 1. The van der Waals surface area contributed by atoms with E-state index in [2.05, 4.69) is 4.40 Å². The molecule has 0 aliphatic heterocycles. The molecule has 3 heteroatoms. The number of halogens is 1. The molecule has 0 aliphatic carbocycles. The minimum Gasteiger partial charge on any atom is -0.335 e. The second-order valence-corrected chi connectivity index (χ2v) is 3.88. The first-order valence-corrected chi connectivity index (χ1v) is 4.89. The van der Waals surface area contributed by atoms with E-state index in [9.17, 15) is 4.39 Å². The van der Waals surface area contributed by atoms with Crippen LogP contribution in [0.3, 0.4) is 0 Å². The minimum absolute atomic E-state index is 0.179. The van der Waals surface area contributed by atoms with Gasteiger partial charge in [0, 0.05) is 35.9 Å². The van der Waals surface area contributed by atoms with Crippen molar-refractivity contribution in [2.45, 2.75) is 6.92 Å². The third-order valence-corrected chi connectivity index (χ3v) is 2.98. The largest absolute Gasteiger partial charge is 0.335 e. The van der Waals surface area contributed by atoms with E-state index >= 15 is 0 Å². The van der Waals surface area contributed by atoms with Crippen molar-refractivity contribution in [3.05, 3.63) is 42.1 Å². The predicted octanol–water partition coefficient (Wildman–Crippen LogP) is 2.88. The topological polar surface area (TPSA) is 9.34 Å². The van der Waals surface area contributed by atoms with Crippen LogP contribution in [0.4, 0.5) is 4.39 Å². The van der Waals surface area contributed by atoms with Crippen molar-refractivity contribution in [2.75, 3.05) is 0 Å². The number of rotatable bonds is 0. The fraction of sp³-hybridized carbons (Fsp3) is 0.167. The maximum Gasteiger partial charge on any atom is 0.124 e. The molecular weight excluding hydrogens is 191 g/mol. The number of aryl methyl sites for hydroxylation is 2. The van der Waals surface area contributed by atoms with Crippen LogP contribution in [0.25, 0.3) is 16.4 Å². The standard InChI is InChI=1S/C12H11FN2/c1-8-11-7-9(13)3-4-10(11)12-14(2)5-6-15(8)12/h3-7H,1-2H3. The van der Waals surface area contributed by atoms with Crippen molar-refractivity contribution < 1.29 is 4.39 Å². The molecule has 76 valence electrons. The lowest BCUT2D eigenvalue weighted by Crippen LogP contribution is -1.85. The van der Waals surface area contributed by atoms with Gasteiger partial charge in [0.1, 0.15) is 11.5 Å². The number of aromatic nitrogens is 2. The van der Waals surface area contributed by atoms with Crippen LogP contribution in [-0.2, 0) is 7.05 Å². The van der Waals surface area contributed by atoms with E-state index in [4.69, 9.17) is 0 Å². The fourth-order valence-electron chi connectivity index (χ4n) is 2.21. The Morgan fingerprint density at radius 1 is 1.13 bits per heavy atom. The summed E-state index contributed by atoms with van der Waals surface area (Å²) in [6.07, 6.45) is 4.01. The SMILES string of the molecule is Cc1c2cc(F)ccc2c2n(C)ccn12. The Bertz CT molecular complexity index is 661. The van der Waals surface area contributed by atoms with Crippen LogP contribution in [0, 0.1) is 12.7 Å². The highest BCUT2D eigenvalue weighted by molar-refractivity contribution is 5.98. The number of hydrogen-bond donors (Lipinski definition) is 0. The molecule has 15 heavy (non-hydrogen) atoms. The predicted molar refractivity (Wildman–Crippen MR) is 58.6 cm³/mol. The first-order valence-electron chi connectivity index (χ1n) is 4.89. The number of nitrogens with zero attached hydrogens (tertiary/aromatic N) is 2. The smallest absolute Gasteiger partial charge is 0.124 e. The molecule has 0 saturated carbocycles. The van der Waals surface area contributed by atoms with E-state index in [1.165, 1.54) is 6.07 Å². The molecule has 1 aromatic carbocycles. The summed E-state index contributed by atoms with van der Waals surface area (Å²) in [7, 11) is 2.00. The van der Waals surface area contributed by atoms with Gasteiger partial charge in [0.25, 0.3) is 0 Å². The summed E-state index contributed by atoms with van der Waals surface area (Å²) in [5, 5.41) is 2.09. The zero-order valence-corrected chi connectivity index (χ0v) is 8.66. The minimum atomic E-state index is -0.179. The summed E-state index contributed by atoms with van der Waals surface area (Å²) >= 11 is 0. The van der Waals surface area contributed by atoms with Crippen LogP contribution < -0.4 is 0 Å². The highest BCUT2D eigenvalue weighted by Gasteiger charge is 2.10. The Balaban J connectivity index is 2.64. The van der Waals surface area contributed by atoms with Gasteiger partial charge in [-0.05, 0) is 25.1 Å². The van der Waals surface area contributed by atoms with Gasteiger partial charge in [0.05, 0.1) is 0 Å². The molecule has 0 spiro atoms. The lowest BCUT2D eigenvalue weighted by atomic mass is 10.2. The molecule has 0 N–H and O–H groups in total. The lowest BCUT2D eigenvalue weighted by Gasteiger charge is -1.94. The van der Waals surface area contributed by atoms with E-state index < -0.39 is 0 Å². The molecule has 0 bridgehead atoms. The van der Waals surface area contributed by atoms with Gasteiger partial charge < -0.3 is 8.97 Å². The Morgan fingerprint density at radius 3 is 2.73 bits per heavy atom. The molecule has 2 heterocycles. The van der Waals surface area contributed by atoms with Gasteiger partial charge in [-0.15, -0.1) is 0 Å². The number of fused-ring (bicyclic) bond motifs is 3. The molecule has 3 rings (SSSR count). The first-order chi connectivity index (χ1) is 7.18. The van der Waals surface area contributed by atoms with Gasteiger partial charge in [-0.1, -0.05) is 0 Å². The summed E-state index contributed by atoms with van der Waals surface area (Å²) in [4.78, 5) is 0. The zero-order valence-electron chi connectivity index (χ0n) is 8.66. The lowest BCUT2D eigenvalue weighted by molar-refractivity contribution is 0.629. The second kappa shape index (κ2) is 2.63. The summed E-state index contributed by atoms with van der Waals surface area (Å²) in [5.74, 6) is -0.179. The van der Waals surface area contributed by atoms with Crippen molar-refractivity contribution in [1.29, 1.82) is 0 Å². The average Bonchev–Trinajstić information content (AvgIpc) is 2.70. The Hall–Kier alpha value is -1.77. The Kier molecular flexibility index (Phi) is 1.49. The molecule has 0 radical (unpaired) electrons. The van der Waals surface area contributed by atoms with Gasteiger partial charge in [-0.3, -0.25) is 0 Å². The zero-order chi connectivity index (χ0) is 10.6. The molecule has 2 nitrogen and oxygen atoms in total. The average molecular weight is 202 g/mol. The van der Waals surface area contributed by atoms with Gasteiger partial charge >= 0.3 is 0 Å². The highest BCUT2D eigenvalue weighted by Crippen LogP contribution is 2.26. The maximum atomic E-state index is 13.1. The molecule has 3 aromatic rings. The van der Waals surface area contributed by atoms with E-state index in [1.807, 2.05) is 37.0 Å². The summed E-state index contributed by atoms with van der Waals surface area (Å²) in [6, 6.07) is 4.94. The van der Waals surface area contributed by atoms with Crippen molar-refractivity contribution in [3.63, 3.8) is 0 Å². The van der Waals surface area contributed by atoms with Gasteiger partial charge in [0.15, 0.2) is 0 Å². The van der Waals surface area contributed by atoms with Crippen molar-refractivity contribution in [3.8, 4) is 0 Å². The van der Waals surface area contributed by atoms with Crippen LogP contribution in [0.2, 0.25) is 0 Å². The van der Waals surface area contributed by atoms with Crippen LogP contribution in [0.15, 0.2) is 30.6 Å². The van der Waals surface area contributed by atoms with Gasteiger partial charge in [-0.25, -0.2) is 4.39 Å². The summed E-state index contributed by atoms with van der Waals surface area (Å²) in [6.45, 7) is 2.01. The van der Waals surface area contributed by atoms with Crippen LogP contribution in [-0.4, -0.2) is 8.97 Å².